The molecule has 2 fully saturated rings. The first kappa shape index (κ1) is 24.0. The van der Waals surface area contributed by atoms with Crippen molar-refractivity contribution in [2.45, 2.75) is 64.0 Å². The van der Waals surface area contributed by atoms with Crippen LogP contribution in [0.2, 0.25) is 0 Å². The third-order valence-electron chi connectivity index (χ3n) is 8.24. The van der Waals surface area contributed by atoms with Crippen molar-refractivity contribution in [3.8, 4) is 5.75 Å². The predicted octanol–water partition coefficient (Wildman–Crippen LogP) is 2.91. The number of benzene rings is 1. The van der Waals surface area contributed by atoms with Crippen LogP contribution in [0.5, 0.6) is 5.75 Å². The summed E-state index contributed by atoms with van der Waals surface area (Å²) in [5, 5.41) is 10.2. The molecule has 0 radical (unpaired) electrons. The van der Waals surface area contributed by atoms with Gasteiger partial charge in [-0.2, -0.15) is 0 Å². The number of sulfonamides is 1. The average Bonchev–Trinajstić information content (AvgIpc) is 2.71. The molecule has 2 heterocycles. The lowest BCUT2D eigenvalue weighted by Crippen LogP contribution is -2.66. The van der Waals surface area contributed by atoms with E-state index in [1.165, 1.54) is 11.1 Å². The lowest BCUT2D eigenvalue weighted by atomic mass is 9.61. The van der Waals surface area contributed by atoms with Gasteiger partial charge in [0.25, 0.3) is 0 Å². The zero-order valence-corrected chi connectivity index (χ0v) is 21.2. The van der Waals surface area contributed by atoms with Crippen molar-refractivity contribution >= 4 is 10.0 Å². The van der Waals surface area contributed by atoms with E-state index in [2.05, 4.69) is 36.9 Å². The first-order valence-corrected chi connectivity index (χ1v) is 13.8. The maximum Gasteiger partial charge on any atom is 0.214 e. The van der Waals surface area contributed by atoms with Gasteiger partial charge in [0.15, 0.2) is 0 Å². The molecule has 6 nitrogen and oxygen atoms in total. The summed E-state index contributed by atoms with van der Waals surface area (Å²) in [6.45, 7) is 9.69. The quantitative estimate of drug-likeness (QED) is 0.703. The highest BCUT2D eigenvalue weighted by Gasteiger charge is 2.51. The Hall–Kier alpha value is -1.15. The van der Waals surface area contributed by atoms with Crippen molar-refractivity contribution in [3.63, 3.8) is 0 Å². The molecule has 0 aromatic heterocycles. The second-order valence-corrected chi connectivity index (χ2v) is 13.2. The summed E-state index contributed by atoms with van der Waals surface area (Å²) in [5.41, 5.74) is 2.70. The fourth-order valence-electron chi connectivity index (χ4n) is 6.65. The number of likely N-dealkylation sites (tertiary alicyclic amines) is 1. The summed E-state index contributed by atoms with van der Waals surface area (Å²) >= 11 is 0. The Morgan fingerprint density at radius 3 is 2.56 bits per heavy atom. The first-order chi connectivity index (χ1) is 15.0. The molecule has 0 amide bonds. The van der Waals surface area contributed by atoms with Gasteiger partial charge in [0.05, 0.1) is 5.75 Å². The Morgan fingerprint density at radius 1 is 1.22 bits per heavy atom. The number of hydrogen-bond acceptors (Lipinski definition) is 5. The molecule has 32 heavy (non-hydrogen) atoms. The molecule has 0 unspecified atom stereocenters. The molecule has 3 aliphatic rings. The molecule has 1 aromatic rings. The predicted molar refractivity (Wildman–Crippen MR) is 130 cm³/mol. The molecule has 1 N–H and O–H groups in total. The average molecular weight is 464 g/mol. The standard InChI is InChI=1S/C25H41N3O3S/c1-18(2)17-32(30,31)28-11-8-19(9-12-28)16-27(5)24-23-14-20-6-7-21(29)15-22(20)25(24,3)10-13-26(23)4/h6-7,15,18-19,23-24,29H,8-14,16-17H2,1-5H3/t23-,24+,25+/m1/s1. The van der Waals surface area contributed by atoms with E-state index >= 15 is 0 Å². The summed E-state index contributed by atoms with van der Waals surface area (Å²) < 4.78 is 26.9. The maximum absolute atomic E-state index is 12.6. The topological polar surface area (TPSA) is 64.1 Å². The van der Waals surface area contributed by atoms with Crippen LogP contribution in [-0.2, 0) is 21.9 Å². The van der Waals surface area contributed by atoms with Crippen molar-refractivity contribution in [1.29, 1.82) is 0 Å². The molecule has 1 aliphatic carbocycles. The minimum Gasteiger partial charge on any atom is -0.508 e. The monoisotopic (exact) mass is 463 g/mol. The molecule has 0 saturated carbocycles. The number of rotatable bonds is 6. The molecular weight excluding hydrogens is 422 g/mol. The highest BCUT2D eigenvalue weighted by molar-refractivity contribution is 7.89. The number of phenolic OH excluding ortho intramolecular Hbond substituents is 1. The van der Waals surface area contributed by atoms with E-state index in [9.17, 15) is 13.5 Å². The van der Waals surface area contributed by atoms with Crippen LogP contribution in [0.25, 0.3) is 0 Å². The van der Waals surface area contributed by atoms with E-state index in [1.54, 1.807) is 4.31 Å². The molecule has 2 saturated heterocycles. The molecule has 4 rings (SSSR count). The number of hydrogen-bond donors (Lipinski definition) is 1. The Bertz CT molecular complexity index is 926. The maximum atomic E-state index is 12.6. The number of piperidine rings is 2. The van der Waals surface area contributed by atoms with Gasteiger partial charge in [-0.15, -0.1) is 0 Å². The van der Waals surface area contributed by atoms with Crippen LogP contribution in [-0.4, -0.2) is 85.7 Å². The van der Waals surface area contributed by atoms with Gasteiger partial charge in [0.2, 0.25) is 10.0 Å². The van der Waals surface area contributed by atoms with E-state index in [0.29, 0.717) is 36.8 Å². The van der Waals surface area contributed by atoms with Crippen LogP contribution in [0.1, 0.15) is 51.2 Å². The van der Waals surface area contributed by atoms with E-state index < -0.39 is 10.0 Å². The minimum atomic E-state index is -3.13. The molecule has 2 bridgehead atoms. The molecule has 7 heteroatoms. The van der Waals surface area contributed by atoms with E-state index in [1.807, 2.05) is 26.0 Å². The molecular formula is C25H41N3O3S. The van der Waals surface area contributed by atoms with Gasteiger partial charge in [-0.1, -0.05) is 26.8 Å². The second-order valence-electron chi connectivity index (χ2n) is 11.2. The highest BCUT2D eigenvalue weighted by Crippen LogP contribution is 2.47. The summed E-state index contributed by atoms with van der Waals surface area (Å²) in [6, 6.07) is 6.78. The summed E-state index contributed by atoms with van der Waals surface area (Å²) in [4.78, 5) is 5.07. The van der Waals surface area contributed by atoms with Crippen LogP contribution >= 0.6 is 0 Å². The van der Waals surface area contributed by atoms with Crippen molar-refractivity contribution in [1.82, 2.24) is 14.1 Å². The Labute approximate surface area is 194 Å². The van der Waals surface area contributed by atoms with Crippen LogP contribution in [0.3, 0.4) is 0 Å². The normalized spacial score (nSPS) is 30.1. The molecule has 0 spiro atoms. The summed E-state index contributed by atoms with van der Waals surface area (Å²) in [7, 11) is 1.37. The molecule has 3 atom stereocenters. The van der Waals surface area contributed by atoms with E-state index in [-0.39, 0.29) is 17.1 Å². The van der Waals surface area contributed by atoms with E-state index in [4.69, 9.17) is 0 Å². The van der Waals surface area contributed by atoms with Gasteiger partial charge in [0, 0.05) is 37.1 Å². The van der Waals surface area contributed by atoms with Gasteiger partial charge in [0.1, 0.15) is 5.75 Å². The third-order valence-corrected chi connectivity index (χ3v) is 10.5. The number of phenols is 1. The van der Waals surface area contributed by atoms with Crippen LogP contribution in [0, 0.1) is 11.8 Å². The summed E-state index contributed by atoms with van der Waals surface area (Å²) in [6.07, 6.45) is 3.96. The fourth-order valence-corrected chi connectivity index (χ4v) is 8.47. The van der Waals surface area contributed by atoms with Gasteiger partial charge in [-0.3, -0.25) is 0 Å². The third kappa shape index (κ3) is 4.46. The lowest BCUT2D eigenvalue weighted by Gasteiger charge is -2.58. The zero-order chi connectivity index (χ0) is 23.3. The van der Waals surface area contributed by atoms with Crippen molar-refractivity contribution in [3.05, 3.63) is 29.3 Å². The SMILES string of the molecule is CC(C)CS(=O)(=O)N1CCC(CN(C)[C@H]2[C@H]3Cc4ccc(O)cc4[C@]2(C)CCN3C)CC1. The first-order valence-electron chi connectivity index (χ1n) is 12.2. The Balaban J connectivity index is 1.47. The number of aromatic hydroxyl groups is 1. The van der Waals surface area contributed by atoms with Gasteiger partial charge >= 0.3 is 0 Å². The van der Waals surface area contributed by atoms with Gasteiger partial charge in [-0.05, 0) is 81.4 Å². The van der Waals surface area contributed by atoms with Crippen molar-refractivity contribution in [2.75, 3.05) is 46.0 Å². The Morgan fingerprint density at radius 2 is 1.91 bits per heavy atom. The number of likely N-dealkylation sites (N-methyl/N-ethyl adjacent to an activating group) is 2. The number of fused-ring (bicyclic) bond motifs is 4. The zero-order valence-electron chi connectivity index (χ0n) is 20.4. The second kappa shape index (κ2) is 8.90. The smallest absolute Gasteiger partial charge is 0.214 e. The fraction of sp³-hybridized carbons (Fsp3) is 0.760. The minimum absolute atomic E-state index is 0.0134. The van der Waals surface area contributed by atoms with Crippen molar-refractivity contribution < 1.29 is 13.5 Å². The van der Waals surface area contributed by atoms with Crippen LogP contribution < -0.4 is 0 Å². The lowest BCUT2D eigenvalue weighted by molar-refractivity contribution is -0.00615. The molecule has 2 aliphatic heterocycles. The summed E-state index contributed by atoms with van der Waals surface area (Å²) in [5.74, 6) is 1.29. The van der Waals surface area contributed by atoms with Crippen LogP contribution in [0.15, 0.2) is 18.2 Å². The highest BCUT2D eigenvalue weighted by atomic mass is 32.2. The van der Waals surface area contributed by atoms with Crippen LogP contribution in [0.4, 0.5) is 0 Å². The van der Waals surface area contributed by atoms with E-state index in [0.717, 1.165) is 38.8 Å². The molecule has 1 aromatic carbocycles. The number of nitrogens with zero attached hydrogens (tertiary/aromatic N) is 3. The van der Waals surface area contributed by atoms with Crippen molar-refractivity contribution in [2.24, 2.45) is 11.8 Å². The largest absolute Gasteiger partial charge is 0.508 e. The Kier molecular flexibility index (Phi) is 6.67. The van der Waals surface area contributed by atoms with Gasteiger partial charge < -0.3 is 14.9 Å². The molecule has 180 valence electrons. The van der Waals surface area contributed by atoms with Gasteiger partial charge in [-0.25, -0.2) is 12.7 Å².